The minimum absolute atomic E-state index is 0.815. The molecule has 0 saturated carbocycles. The van der Waals surface area contributed by atoms with Gasteiger partial charge in [-0.15, -0.1) is 0 Å². The summed E-state index contributed by atoms with van der Waals surface area (Å²) in [5.74, 6) is 2.50. The third-order valence-electron chi connectivity index (χ3n) is 2.53. The van der Waals surface area contributed by atoms with Gasteiger partial charge in [-0.05, 0) is 46.3 Å². The van der Waals surface area contributed by atoms with Gasteiger partial charge >= 0.3 is 0 Å². The largest absolute Gasteiger partial charge is 0.399 e. The Morgan fingerprint density at radius 2 is 2.13 bits per heavy atom. The quantitative estimate of drug-likeness (QED) is 0.805. The van der Waals surface area contributed by atoms with Crippen molar-refractivity contribution in [3.63, 3.8) is 0 Å². The highest BCUT2D eigenvalue weighted by Crippen LogP contribution is 2.29. The zero-order valence-corrected chi connectivity index (χ0v) is 11.0. The summed E-state index contributed by atoms with van der Waals surface area (Å²) >= 11 is 5.62. The molecule has 2 nitrogen and oxygen atoms in total. The summed E-state index contributed by atoms with van der Waals surface area (Å²) in [4.78, 5) is 2.43. The van der Waals surface area contributed by atoms with Crippen molar-refractivity contribution in [2.75, 3.05) is 35.2 Å². The highest BCUT2D eigenvalue weighted by molar-refractivity contribution is 9.10. The molecule has 0 spiro atoms. The van der Waals surface area contributed by atoms with Gasteiger partial charge in [-0.3, -0.25) is 0 Å². The molecule has 1 aliphatic rings. The highest BCUT2D eigenvalue weighted by atomic mass is 79.9. The Hall–Kier alpha value is -0.350. The minimum atomic E-state index is 0.815. The summed E-state index contributed by atoms with van der Waals surface area (Å²) in [7, 11) is 0. The van der Waals surface area contributed by atoms with Crippen molar-refractivity contribution in [2.24, 2.45) is 0 Å². The second-order valence-electron chi connectivity index (χ2n) is 3.66. The van der Waals surface area contributed by atoms with Gasteiger partial charge in [-0.25, -0.2) is 0 Å². The molecular formula is C11H15BrN2S. The average Bonchev–Trinajstić information content (AvgIpc) is 2.46. The van der Waals surface area contributed by atoms with Crippen LogP contribution in [0.1, 0.15) is 6.42 Å². The van der Waals surface area contributed by atoms with Gasteiger partial charge in [-0.1, -0.05) is 0 Å². The molecule has 15 heavy (non-hydrogen) atoms. The maximum Gasteiger partial charge on any atom is 0.0512 e. The second kappa shape index (κ2) is 5.12. The smallest absolute Gasteiger partial charge is 0.0512 e. The molecule has 1 aliphatic heterocycles. The van der Waals surface area contributed by atoms with Crippen LogP contribution >= 0.6 is 27.7 Å². The molecule has 0 radical (unpaired) electrons. The third-order valence-corrected chi connectivity index (χ3v) is 4.22. The van der Waals surface area contributed by atoms with Crippen LogP contribution in [0.25, 0.3) is 0 Å². The summed E-state index contributed by atoms with van der Waals surface area (Å²) in [6.45, 7) is 2.28. The lowest BCUT2D eigenvalue weighted by molar-refractivity contribution is 0.814. The van der Waals surface area contributed by atoms with E-state index in [4.69, 9.17) is 5.73 Å². The monoisotopic (exact) mass is 286 g/mol. The van der Waals surface area contributed by atoms with Crippen LogP contribution in [-0.4, -0.2) is 24.6 Å². The van der Waals surface area contributed by atoms with E-state index in [1.165, 1.54) is 23.6 Å². The van der Waals surface area contributed by atoms with Crippen LogP contribution in [0, 0.1) is 0 Å². The molecule has 1 heterocycles. The Labute approximate surface area is 103 Å². The molecule has 82 valence electrons. The van der Waals surface area contributed by atoms with Crippen LogP contribution < -0.4 is 10.6 Å². The van der Waals surface area contributed by atoms with E-state index in [0.717, 1.165) is 23.2 Å². The zero-order valence-electron chi connectivity index (χ0n) is 8.58. The van der Waals surface area contributed by atoms with Gasteiger partial charge in [0.1, 0.15) is 0 Å². The van der Waals surface area contributed by atoms with E-state index in [1.807, 2.05) is 23.9 Å². The molecule has 0 aliphatic carbocycles. The third kappa shape index (κ3) is 2.82. The van der Waals surface area contributed by atoms with Crippen molar-refractivity contribution in [2.45, 2.75) is 6.42 Å². The second-order valence-corrected chi connectivity index (χ2v) is 5.74. The first-order valence-electron chi connectivity index (χ1n) is 5.15. The maximum absolute atomic E-state index is 5.74. The Kier molecular flexibility index (Phi) is 3.81. The number of thioether (sulfide) groups is 1. The van der Waals surface area contributed by atoms with Crippen LogP contribution in [0.2, 0.25) is 0 Å². The fourth-order valence-corrected chi connectivity index (χ4v) is 3.30. The van der Waals surface area contributed by atoms with E-state index in [-0.39, 0.29) is 0 Å². The Morgan fingerprint density at radius 1 is 1.27 bits per heavy atom. The lowest BCUT2D eigenvalue weighted by atomic mass is 10.2. The SMILES string of the molecule is Nc1ccc(N2CCCSCC2)c(Br)c1. The van der Waals surface area contributed by atoms with Crippen LogP contribution in [0.4, 0.5) is 11.4 Å². The van der Waals surface area contributed by atoms with E-state index in [1.54, 1.807) is 0 Å². The number of nitrogens with two attached hydrogens (primary N) is 1. The fraction of sp³-hybridized carbons (Fsp3) is 0.455. The summed E-state index contributed by atoms with van der Waals surface area (Å²) < 4.78 is 1.11. The van der Waals surface area contributed by atoms with Gasteiger partial charge in [-0.2, -0.15) is 11.8 Å². The molecule has 0 aromatic heterocycles. The number of benzene rings is 1. The molecule has 0 atom stereocenters. The Bertz CT molecular complexity index is 335. The van der Waals surface area contributed by atoms with Crippen molar-refractivity contribution >= 4 is 39.1 Å². The molecule has 0 unspecified atom stereocenters. The first-order valence-corrected chi connectivity index (χ1v) is 7.10. The normalized spacial score (nSPS) is 17.5. The standard InChI is InChI=1S/C11H15BrN2S/c12-10-8-9(13)2-3-11(10)14-4-1-6-15-7-5-14/h2-3,8H,1,4-7,13H2. The topological polar surface area (TPSA) is 29.3 Å². The van der Waals surface area contributed by atoms with E-state index in [0.29, 0.717) is 0 Å². The molecule has 1 fully saturated rings. The molecule has 1 saturated heterocycles. The lowest BCUT2D eigenvalue weighted by Gasteiger charge is -2.23. The van der Waals surface area contributed by atoms with E-state index in [2.05, 4.69) is 26.9 Å². The molecular weight excluding hydrogens is 272 g/mol. The molecule has 2 N–H and O–H groups in total. The molecule has 1 aromatic carbocycles. The van der Waals surface area contributed by atoms with E-state index >= 15 is 0 Å². The number of halogens is 1. The van der Waals surface area contributed by atoms with Crippen LogP contribution in [0.3, 0.4) is 0 Å². The predicted molar refractivity (Wildman–Crippen MR) is 72.7 cm³/mol. The molecule has 2 rings (SSSR count). The van der Waals surface area contributed by atoms with Crippen molar-refractivity contribution in [1.29, 1.82) is 0 Å². The summed E-state index contributed by atoms with van der Waals surface area (Å²) in [5.41, 5.74) is 7.82. The predicted octanol–water partition coefficient (Wildman–Crippen LogP) is 2.97. The number of nitrogen functional groups attached to an aromatic ring is 1. The number of nitrogens with zero attached hydrogens (tertiary/aromatic N) is 1. The first kappa shape index (κ1) is 11.1. The number of anilines is 2. The average molecular weight is 287 g/mol. The lowest BCUT2D eigenvalue weighted by Crippen LogP contribution is -2.25. The summed E-state index contributed by atoms with van der Waals surface area (Å²) in [5, 5.41) is 0. The minimum Gasteiger partial charge on any atom is -0.399 e. The number of rotatable bonds is 1. The van der Waals surface area contributed by atoms with Crippen molar-refractivity contribution in [3.8, 4) is 0 Å². The molecule has 0 amide bonds. The van der Waals surface area contributed by atoms with Crippen molar-refractivity contribution in [3.05, 3.63) is 22.7 Å². The highest BCUT2D eigenvalue weighted by Gasteiger charge is 2.12. The van der Waals surface area contributed by atoms with Gasteiger partial charge < -0.3 is 10.6 Å². The molecule has 0 bridgehead atoms. The van der Waals surface area contributed by atoms with Crippen molar-refractivity contribution < 1.29 is 0 Å². The summed E-state index contributed by atoms with van der Waals surface area (Å²) in [6, 6.07) is 6.06. The zero-order chi connectivity index (χ0) is 10.7. The van der Waals surface area contributed by atoms with Crippen LogP contribution in [0.5, 0.6) is 0 Å². The number of hydrogen-bond acceptors (Lipinski definition) is 3. The van der Waals surface area contributed by atoms with Gasteiger partial charge in [0, 0.05) is 29.0 Å². The maximum atomic E-state index is 5.74. The van der Waals surface area contributed by atoms with Crippen LogP contribution in [-0.2, 0) is 0 Å². The van der Waals surface area contributed by atoms with E-state index < -0.39 is 0 Å². The van der Waals surface area contributed by atoms with Gasteiger partial charge in [0.15, 0.2) is 0 Å². The van der Waals surface area contributed by atoms with Crippen LogP contribution in [0.15, 0.2) is 22.7 Å². The molecule has 1 aromatic rings. The van der Waals surface area contributed by atoms with Gasteiger partial charge in [0.25, 0.3) is 0 Å². The van der Waals surface area contributed by atoms with Gasteiger partial charge in [0.05, 0.1) is 5.69 Å². The first-order chi connectivity index (χ1) is 7.27. The van der Waals surface area contributed by atoms with Gasteiger partial charge in [0.2, 0.25) is 0 Å². The number of hydrogen-bond donors (Lipinski definition) is 1. The fourth-order valence-electron chi connectivity index (χ4n) is 1.77. The molecule has 4 heteroatoms. The Morgan fingerprint density at radius 3 is 2.93 bits per heavy atom. The van der Waals surface area contributed by atoms with Crippen molar-refractivity contribution in [1.82, 2.24) is 0 Å². The Balaban J connectivity index is 2.19. The summed E-state index contributed by atoms with van der Waals surface area (Å²) in [6.07, 6.45) is 1.27. The van der Waals surface area contributed by atoms with E-state index in [9.17, 15) is 0 Å².